The van der Waals surface area contributed by atoms with Gasteiger partial charge in [0.25, 0.3) is 11.8 Å². The molecule has 2 aromatic rings. The first-order valence-electron chi connectivity index (χ1n) is 8.36. The van der Waals surface area contributed by atoms with Crippen molar-refractivity contribution < 1.29 is 14.3 Å². The predicted molar refractivity (Wildman–Crippen MR) is 119 cm³/mol. The van der Waals surface area contributed by atoms with Gasteiger partial charge in [0.1, 0.15) is 5.75 Å². The van der Waals surface area contributed by atoms with Crippen LogP contribution >= 0.6 is 44.1 Å². The molecule has 6 nitrogen and oxygen atoms in total. The van der Waals surface area contributed by atoms with Gasteiger partial charge in [0.05, 0.1) is 17.7 Å². The number of nitrogens with one attached hydrogen (secondary N) is 3. The lowest BCUT2D eigenvalue weighted by atomic mass is 10.2. The summed E-state index contributed by atoms with van der Waals surface area (Å²) in [4.78, 5) is 24.8. The SMILES string of the molecule is CC(C)COc1ccc(Br)cc1C(=O)NC(=S)NNC(=O)c1ccccc1Br. The molecule has 0 atom stereocenters. The van der Waals surface area contributed by atoms with E-state index >= 15 is 0 Å². The van der Waals surface area contributed by atoms with E-state index in [9.17, 15) is 9.59 Å². The average molecular weight is 529 g/mol. The minimum Gasteiger partial charge on any atom is -0.492 e. The van der Waals surface area contributed by atoms with E-state index in [1.165, 1.54) is 0 Å². The summed E-state index contributed by atoms with van der Waals surface area (Å²) in [5.41, 5.74) is 5.73. The van der Waals surface area contributed by atoms with Crippen molar-refractivity contribution in [2.75, 3.05) is 6.61 Å². The zero-order valence-corrected chi connectivity index (χ0v) is 19.2. The Labute approximate surface area is 185 Å². The summed E-state index contributed by atoms with van der Waals surface area (Å²) in [6.07, 6.45) is 0. The fourth-order valence-corrected chi connectivity index (χ4v) is 3.06. The smallest absolute Gasteiger partial charge is 0.270 e. The number of hydrazine groups is 1. The van der Waals surface area contributed by atoms with Crippen molar-refractivity contribution in [3.63, 3.8) is 0 Å². The Kier molecular flexibility index (Phi) is 8.40. The lowest BCUT2D eigenvalue weighted by molar-refractivity contribution is 0.0933. The minimum absolute atomic E-state index is 0.0415. The number of thiocarbonyl (C=S) groups is 1. The van der Waals surface area contributed by atoms with Crippen molar-refractivity contribution in [1.82, 2.24) is 16.2 Å². The largest absolute Gasteiger partial charge is 0.492 e. The first-order valence-corrected chi connectivity index (χ1v) is 10.4. The van der Waals surface area contributed by atoms with Crippen LogP contribution in [0.15, 0.2) is 51.4 Å². The van der Waals surface area contributed by atoms with Crippen molar-refractivity contribution in [3.8, 4) is 5.75 Å². The Hall–Kier alpha value is -1.97. The molecule has 2 aromatic carbocycles. The summed E-state index contributed by atoms with van der Waals surface area (Å²) < 4.78 is 7.08. The highest BCUT2D eigenvalue weighted by molar-refractivity contribution is 9.10. The Bertz CT molecular complexity index is 890. The molecule has 2 amide bonds. The minimum atomic E-state index is -0.451. The number of ether oxygens (including phenoxy) is 1. The van der Waals surface area contributed by atoms with Crippen LogP contribution in [0.3, 0.4) is 0 Å². The highest BCUT2D eigenvalue weighted by atomic mass is 79.9. The van der Waals surface area contributed by atoms with Gasteiger partial charge < -0.3 is 4.74 Å². The Morgan fingerprint density at radius 1 is 1.04 bits per heavy atom. The summed E-state index contributed by atoms with van der Waals surface area (Å²) >= 11 is 11.7. The van der Waals surface area contributed by atoms with Gasteiger partial charge >= 0.3 is 0 Å². The molecule has 3 N–H and O–H groups in total. The van der Waals surface area contributed by atoms with Crippen molar-refractivity contribution >= 4 is 61.0 Å². The maximum Gasteiger partial charge on any atom is 0.270 e. The average Bonchev–Trinajstić information content (AvgIpc) is 2.65. The molecule has 28 heavy (non-hydrogen) atoms. The number of benzene rings is 2. The molecule has 0 spiro atoms. The van der Waals surface area contributed by atoms with E-state index in [-0.39, 0.29) is 5.11 Å². The zero-order chi connectivity index (χ0) is 20.7. The first kappa shape index (κ1) is 22.3. The number of rotatable bonds is 5. The molecule has 0 saturated carbocycles. The molecular formula is C19H19Br2N3O3S. The summed E-state index contributed by atoms with van der Waals surface area (Å²) in [6.45, 7) is 4.52. The molecule has 0 bridgehead atoms. The van der Waals surface area contributed by atoms with E-state index in [2.05, 4.69) is 48.0 Å². The molecular weight excluding hydrogens is 510 g/mol. The van der Waals surface area contributed by atoms with Gasteiger partial charge in [0.2, 0.25) is 0 Å². The molecule has 148 valence electrons. The predicted octanol–water partition coefficient (Wildman–Crippen LogP) is 4.20. The molecule has 0 saturated heterocycles. The van der Waals surface area contributed by atoms with Gasteiger partial charge in [0.15, 0.2) is 5.11 Å². The van der Waals surface area contributed by atoms with Crippen molar-refractivity contribution in [2.45, 2.75) is 13.8 Å². The second kappa shape index (κ2) is 10.5. The van der Waals surface area contributed by atoms with Gasteiger partial charge in [-0.3, -0.25) is 25.8 Å². The molecule has 0 aliphatic rings. The third kappa shape index (κ3) is 6.57. The van der Waals surface area contributed by atoms with Crippen LogP contribution in [0.25, 0.3) is 0 Å². The number of carbonyl (C=O) groups excluding carboxylic acids is 2. The Morgan fingerprint density at radius 2 is 1.75 bits per heavy atom. The van der Waals surface area contributed by atoms with E-state index in [0.717, 1.165) is 4.47 Å². The van der Waals surface area contributed by atoms with Crippen LogP contribution in [0.5, 0.6) is 5.75 Å². The normalized spacial score (nSPS) is 10.3. The number of hydrogen-bond donors (Lipinski definition) is 3. The van der Waals surface area contributed by atoms with E-state index in [1.807, 2.05) is 13.8 Å². The number of hydrogen-bond acceptors (Lipinski definition) is 4. The van der Waals surface area contributed by atoms with Gasteiger partial charge in [-0.25, -0.2) is 0 Å². The molecule has 2 rings (SSSR count). The van der Waals surface area contributed by atoms with E-state index in [1.54, 1.807) is 42.5 Å². The lowest BCUT2D eigenvalue weighted by Gasteiger charge is -2.15. The van der Waals surface area contributed by atoms with Crippen LogP contribution in [0.4, 0.5) is 0 Å². The van der Waals surface area contributed by atoms with E-state index < -0.39 is 11.8 Å². The molecule has 9 heteroatoms. The lowest BCUT2D eigenvalue weighted by Crippen LogP contribution is -2.48. The topological polar surface area (TPSA) is 79.5 Å². The summed E-state index contributed by atoms with van der Waals surface area (Å²) in [6, 6.07) is 12.1. The maximum absolute atomic E-state index is 12.6. The standard InChI is InChI=1S/C19H19Br2N3O3S/c1-11(2)10-27-16-8-7-12(20)9-14(16)17(25)22-19(28)24-23-18(26)13-5-3-4-6-15(13)21/h3-9,11H,10H2,1-2H3,(H,23,26)(H2,22,24,25,28). The van der Waals surface area contributed by atoms with Gasteiger partial charge in [-0.05, 0) is 64.4 Å². The fraction of sp³-hybridized carbons (Fsp3) is 0.211. The van der Waals surface area contributed by atoms with Crippen molar-refractivity contribution in [2.24, 2.45) is 5.92 Å². The van der Waals surface area contributed by atoms with Gasteiger partial charge in [-0.15, -0.1) is 0 Å². The van der Waals surface area contributed by atoms with Crippen LogP contribution in [0.2, 0.25) is 0 Å². The number of amides is 2. The molecule has 0 aliphatic carbocycles. The second-order valence-corrected chi connectivity index (χ2v) is 8.37. The molecule has 0 unspecified atom stereocenters. The summed E-state index contributed by atoms with van der Waals surface area (Å²) in [5, 5.41) is 2.49. The van der Waals surface area contributed by atoms with Gasteiger partial charge in [-0.2, -0.15) is 0 Å². The van der Waals surface area contributed by atoms with Gasteiger partial charge in [0, 0.05) is 8.95 Å². The third-order valence-electron chi connectivity index (χ3n) is 3.39. The van der Waals surface area contributed by atoms with Crippen molar-refractivity contribution in [1.29, 1.82) is 0 Å². The maximum atomic E-state index is 12.6. The number of halogens is 2. The van der Waals surface area contributed by atoms with Gasteiger partial charge in [-0.1, -0.05) is 41.9 Å². The molecule has 0 fully saturated rings. The Morgan fingerprint density at radius 3 is 2.43 bits per heavy atom. The molecule has 0 heterocycles. The van der Waals surface area contributed by atoms with Crippen LogP contribution in [-0.2, 0) is 0 Å². The first-order chi connectivity index (χ1) is 13.3. The highest BCUT2D eigenvalue weighted by Gasteiger charge is 2.16. The summed E-state index contributed by atoms with van der Waals surface area (Å²) in [7, 11) is 0. The Balaban J connectivity index is 1.98. The number of carbonyl (C=O) groups is 2. The quantitative estimate of drug-likeness (QED) is 0.400. The molecule has 0 aliphatic heterocycles. The van der Waals surface area contributed by atoms with E-state index in [0.29, 0.717) is 33.9 Å². The summed E-state index contributed by atoms with van der Waals surface area (Å²) in [5.74, 6) is -0.0792. The van der Waals surface area contributed by atoms with Crippen LogP contribution in [0, 0.1) is 5.92 Å². The third-order valence-corrected chi connectivity index (χ3v) is 4.78. The van der Waals surface area contributed by atoms with Crippen LogP contribution in [-0.4, -0.2) is 23.5 Å². The van der Waals surface area contributed by atoms with Crippen LogP contribution < -0.4 is 20.9 Å². The van der Waals surface area contributed by atoms with Crippen molar-refractivity contribution in [3.05, 3.63) is 62.5 Å². The monoisotopic (exact) mass is 527 g/mol. The van der Waals surface area contributed by atoms with Crippen LogP contribution in [0.1, 0.15) is 34.6 Å². The highest BCUT2D eigenvalue weighted by Crippen LogP contribution is 2.24. The van der Waals surface area contributed by atoms with E-state index in [4.69, 9.17) is 17.0 Å². The molecule has 0 aromatic heterocycles. The fourth-order valence-electron chi connectivity index (χ4n) is 2.09. The molecule has 0 radical (unpaired) electrons. The zero-order valence-electron chi connectivity index (χ0n) is 15.2. The second-order valence-electron chi connectivity index (χ2n) is 6.19.